The number of ether oxygens (including phenoxy) is 1. The smallest absolute Gasteiger partial charge is 0.219 e. The molecule has 0 aliphatic heterocycles. The molecule has 0 unspecified atom stereocenters. The van der Waals surface area contributed by atoms with Gasteiger partial charge >= 0.3 is 0 Å². The van der Waals surface area contributed by atoms with Crippen LogP contribution in [0.2, 0.25) is 5.02 Å². The van der Waals surface area contributed by atoms with E-state index in [1.807, 2.05) is 44.3 Å². The molecule has 0 spiro atoms. The first-order valence-electron chi connectivity index (χ1n) is 7.20. The fourth-order valence-electron chi connectivity index (χ4n) is 2.15. The Kier molecular flexibility index (Phi) is 5.59. The molecule has 0 atom stereocenters. The topological polar surface area (TPSA) is 34.1 Å². The predicted molar refractivity (Wildman–Crippen MR) is 87.2 cm³/mol. The third-order valence-electron chi connectivity index (χ3n) is 3.19. The number of aromatic nitrogens is 1. The summed E-state index contributed by atoms with van der Waals surface area (Å²) in [6, 6.07) is 7.72. The van der Waals surface area contributed by atoms with Crippen molar-refractivity contribution in [3.8, 4) is 11.6 Å². The second-order valence-corrected chi connectivity index (χ2v) is 5.59. The molecule has 0 fully saturated rings. The summed E-state index contributed by atoms with van der Waals surface area (Å²) in [6.07, 6.45) is 2.97. The van der Waals surface area contributed by atoms with E-state index in [1.54, 1.807) is 0 Å². The molecule has 0 amide bonds. The highest BCUT2D eigenvalue weighted by Crippen LogP contribution is 2.30. The molecule has 0 bridgehead atoms. The highest BCUT2D eigenvalue weighted by Gasteiger charge is 2.08. The van der Waals surface area contributed by atoms with E-state index >= 15 is 0 Å². The molecule has 1 heterocycles. The highest BCUT2D eigenvalue weighted by molar-refractivity contribution is 6.30. The van der Waals surface area contributed by atoms with Gasteiger partial charge in [-0.05, 0) is 55.6 Å². The largest absolute Gasteiger partial charge is 0.438 e. The molecule has 4 heteroatoms. The van der Waals surface area contributed by atoms with Crippen LogP contribution in [0.5, 0.6) is 11.6 Å². The van der Waals surface area contributed by atoms with Crippen LogP contribution in [-0.4, -0.2) is 11.5 Å². The van der Waals surface area contributed by atoms with Crippen LogP contribution >= 0.6 is 11.6 Å². The van der Waals surface area contributed by atoms with Crippen molar-refractivity contribution in [2.24, 2.45) is 0 Å². The number of halogens is 1. The molecule has 3 nitrogen and oxygen atoms in total. The fourth-order valence-corrected chi connectivity index (χ4v) is 2.48. The third kappa shape index (κ3) is 4.45. The summed E-state index contributed by atoms with van der Waals surface area (Å²) in [4.78, 5) is 4.36. The molecule has 0 saturated heterocycles. The molecular weight excluding hydrogens is 284 g/mol. The molecule has 21 heavy (non-hydrogen) atoms. The zero-order valence-corrected chi connectivity index (χ0v) is 13.5. The standard InChI is InChI=1S/C17H21ClN2O/c1-4-7-19-10-14-5-6-16(20-11-14)21-17-12(2)8-15(18)9-13(17)3/h5-6,8-9,11,19H,4,7,10H2,1-3H3. The molecule has 2 rings (SSSR count). The Morgan fingerprint density at radius 2 is 1.90 bits per heavy atom. The van der Waals surface area contributed by atoms with Gasteiger partial charge in [-0.15, -0.1) is 0 Å². The summed E-state index contributed by atoms with van der Waals surface area (Å²) in [6.45, 7) is 7.97. The van der Waals surface area contributed by atoms with Gasteiger partial charge in [0, 0.05) is 23.8 Å². The number of hydrogen-bond acceptors (Lipinski definition) is 3. The highest BCUT2D eigenvalue weighted by atomic mass is 35.5. The van der Waals surface area contributed by atoms with Gasteiger partial charge < -0.3 is 10.1 Å². The van der Waals surface area contributed by atoms with Gasteiger partial charge in [0.2, 0.25) is 5.88 Å². The number of nitrogens with zero attached hydrogens (tertiary/aromatic N) is 1. The normalized spacial score (nSPS) is 10.7. The molecule has 1 aromatic carbocycles. The molecule has 112 valence electrons. The van der Waals surface area contributed by atoms with Crippen molar-refractivity contribution < 1.29 is 4.74 Å². The maximum atomic E-state index is 6.03. The second kappa shape index (κ2) is 7.43. The quantitative estimate of drug-likeness (QED) is 0.789. The van der Waals surface area contributed by atoms with E-state index < -0.39 is 0 Å². The van der Waals surface area contributed by atoms with Crippen LogP contribution in [0.1, 0.15) is 30.0 Å². The Morgan fingerprint density at radius 1 is 1.19 bits per heavy atom. The van der Waals surface area contributed by atoms with Crippen molar-refractivity contribution in [1.29, 1.82) is 0 Å². The van der Waals surface area contributed by atoms with Gasteiger partial charge in [-0.2, -0.15) is 0 Å². The second-order valence-electron chi connectivity index (χ2n) is 5.15. The molecule has 1 aromatic heterocycles. The van der Waals surface area contributed by atoms with E-state index in [2.05, 4.69) is 17.2 Å². The summed E-state index contributed by atoms with van der Waals surface area (Å²) in [5.74, 6) is 1.42. The van der Waals surface area contributed by atoms with E-state index in [0.29, 0.717) is 5.88 Å². The van der Waals surface area contributed by atoms with Crippen LogP contribution in [0.15, 0.2) is 30.5 Å². The van der Waals surface area contributed by atoms with Gasteiger partial charge in [-0.25, -0.2) is 4.98 Å². The fraction of sp³-hybridized carbons (Fsp3) is 0.353. The third-order valence-corrected chi connectivity index (χ3v) is 3.40. The van der Waals surface area contributed by atoms with Crippen molar-refractivity contribution in [2.75, 3.05) is 6.54 Å². The minimum absolute atomic E-state index is 0.600. The van der Waals surface area contributed by atoms with Gasteiger partial charge in [-0.3, -0.25) is 0 Å². The molecule has 0 saturated carbocycles. The minimum atomic E-state index is 0.600. The first kappa shape index (κ1) is 15.8. The van der Waals surface area contributed by atoms with Crippen LogP contribution < -0.4 is 10.1 Å². The average molecular weight is 305 g/mol. The summed E-state index contributed by atoms with van der Waals surface area (Å²) < 4.78 is 5.89. The van der Waals surface area contributed by atoms with Crippen molar-refractivity contribution in [3.05, 3.63) is 52.2 Å². The van der Waals surface area contributed by atoms with E-state index in [9.17, 15) is 0 Å². The van der Waals surface area contributed by atoms with Gasteiger partial charge in [0.15, 0.2) is 0 Å². The lowest BCUT2D eigenvalue weighted by Gasteiger charge is -2.12. The van der Waals surface area contributed by atoms with Gasteiger partial charge in [0.25, 0.3) is 0 Å². The van der Waals surface area contributed by atoms with Gasteiger partial charge in [-0.1, -0.05) is 24.6 Å². The number of hydrogen-bond donors (Lipinski definition) is 1. The van der Waals surface area contributed by atoms with Crippen molar-refractivity contribution in [2.45, 2.75) is 33.7 Å². The first-order chi connectivity index (χ1) is 10.1. The minimum Gasteiger partial charge on any atom is -0.438 e. The predicted octanol–water partition coefficient (Wildman–Crippen LogP) is 4.64. The zero-order valence-electron chi connectivity index (χ0n) is 12.7. The number of pyridine rings is 1. The molecule has 1 N–H and O–H groups in total. The van der Waals surface area contributed by atoms with E-state index in [0.717, 1.165) is 47.0 Å². The van der Waals surface area contributed by atoms with Crippen LogP contribution in [0.25, 0.3) is 0 Å². The number of aryl methyl sites for hydroxylation is 2. The lowest BCUT2D eigenvalue weighted by molar-refractivity contribution is 0.455. The molecule has 2 aromatic rings. The SMILES string of the molecule is CCCNCc1ccc(Oc2c(C)cc(Cl)cc2C)nc1. The van der Waals surface area contributed by atoms with E-state index in [4.69, 9.17) is 16.3 Å². The van der Waals surface area contributed by atoms with Crippen molar-refractivity contribution >= 4 is 11.6 Å². The van der Waals surface area contributed by atoms with Gasteiger partial charge in [0.1, 0.15) is 5.75 Å². The summed E-state index contributed by atoms with van der Waals surface area (Å²) in [5.41, 5.74) is 3.17. The van der Waals surface area contributed by atoms with Gasteiger partial charge in [0.05, 0.1) is 0 Å². The van der Waals surface area contributed by atoms with Crippen LogP contribution in [0.3, 0.4) is 0 Å². The number of benzene rings is 1. The Bertz CT molecular complexity index is 573. The Labute approximate surface area is 131 Å². The Morgan fingerprint density at radius 3 is 2.48 bits per heavy atom. The first-order valence-corrected chi connectivity index (χ1v) is 7.58. The maximum Gasteiger partial charge on any atom is 0.219 e. The summed E-state index contributed by atoms with van der Waals surface area (Å²) in [7, 11) is 0. The van der Waals surface area contributed by atoms with E-state index in [1.165, 1.54) is 0 Å². The Balaban J connectivity index is 2.07. The molecule has 0 radical (unpaired) electrons. The van der Waals surface area contributed by atoms with Crippen molar-refractivity contribution in [1.82, 2.24) is 10.3 Å². The van der Waals surface area contributed by atoms with E-state index in [-0.39, 0.29) is 0 Å². The van der Waals surface area contributed by atoms with Crippen LogP contribution in [0.4, 0.5) is 0 Å². The van der Waals surface area contributed by atoms with Crippen molar-refractivity contribution in [3.63, 3.8) is 0 Å². The summed E-state index contributed by atoms with van der Waals surface area (Å²) >= 11 is 6.03. The molecule has 0 aliphatic rings. The summed E-state index contributed by atoms with van der Waals surface area (Å²) in [5, 5.41) is 4.07. The van der Waals surface area contributed by atoms with Crippen LogP contribution in [0, 0.1) is 13.8 Å². The zero-order chi connectivity index (χ0) is 15.2. The van der Waals surface area contributed by atoms with Crippen LogP contribution in [-0.2, 0) is 6.54 Å². The number of nitrogens with one attached hydrogen (secondary N) is 1. The lowest BCUT2D eigenvalue weighted by Crippen LogP contribution is -2.13. The Hall–Kier alpha value is -1.58. The average Bonchev–Trinajstić information content (AvgIpc) is 2.44. The molecule has 0 aliphatic carbocycles. The lowest BCUT2D eigenvalue weighted by atomic mass is 10.1. The molecular formula is C17H21ClN2O. The number of rotatable bonds is 6. The maximum absolute atomic E-state index is 6.03. The monoisotopic (exact) mass is 304 g/mol.